The molecule has 10 rings (SSSR count). The van der Waals surface area contributed by atoms with Crippen molar-refractivity contribution in [1.82, 2.24) is 0 Å². The first-order chi connectivity index (χ1) is 17.7. The average molecular weight is 529 g/mol. The summed E-state index contributed by atoms with van der Waals surface area (Å²) >= 11 is 0. The van der Waals surface area contributed by atoms with Gasteiger partial charge in [-0.05, 0) is 114 Å². The highest BCUT2D eigenvalue weighted by atomic mass is 16.6. The van der Waals surface area contributed by atoms with E-state index in [0.717, 1.165) is 75.5 Å². The minimum atomic E-state index is -0.234. The van der Waals surface area contributed by atoms with Crippen LogP contribution in [0.3, 0.4) is 0 Å². The van der Waals surface area contributed by atoms with E-state index in [9.17, 15) is 14.4 Å². The van der Waals surface area contributed by atoms with Crippen molar-refractivity contribution in [3.63, 3.8) is 0 Å². The third kappa shape index (κ3) is 4.05. The van der Waals surface area contributed by atoms with Gasteiger partial charge >= 0.3 is 17.9 Å². The molecule has 11 unspecified atom stereocenters. The first-order valence-corrected chi connectivity index (χ1v) is 15.4. The molecule has 5 saturated carbocycles. The van der Waals surface area contributed by atoms with Gasteiger partial charge in [-0.15, -0.1) is 0 Å². The molecule has 11 atom stereocenters. The normalized spacial score (nSPS) is 52.1. The standard InChI is InChI=1S/2C11H16O2.C10H16O2/c1-11-4-7-2-8(5-11)10(12)13-9(3-7)6-11;1-6-8-2-7-3-9(5-8)11(12)13-10(6)4-7;1-8(2)9(3)5-6-10(8,4)12-7(9)11/h7-9H,2-6H2,1H3;6-10H,2-5H2,1H3;5-6H2,1-4H3. The Balaban J connectivity index is 0.000000104. The van der Waals surface area contributed by atoms with Crippen LogP contribution in [0.5, 0.6) is 0 Å². The van der Waals surface area contributed by atoms with Crippen LogP contribution in [0.1, 0.15) is 112 Å². The molecule has 6 nitrogen and oxygen atoms in total. The van der Waals surface area contributed by atoms with E-state index in [1.54, 1.807) is 0 Å². The minimum Gasteiger partial charge on any atom is -0.462 e. The zero-order valence-corrected chi connectivity index (χ0v) is 24.3. The van der Waals surface area contributed by atoms with E-state index < -0.39 is 0 Å². The second-order valence-corrected chi connectivity index (χ2v) is 15.7. The Morgan fingerprint density at radius 2 is 1.42 bits per heavy atom. The maximum Gasteiger partial charge on any atom is 0.313 e. The van der Waals surface area contributed by atoms with Crippen LogP contribution in [0.2, 0.25) is 0 Å². The molecule has 0 N–H and O–H groups in total. The van der Waals surface area contributed by atoms with E-state index in [2.05, 4.69) is 34.6 Å². The number of fused-ring (bicyclic) bond motifs is 4. The Bertz CT molecular complexity index is 1020. The van der Waals surface area contributed by atoms with Crippen LogP contribution in [0.15, 0.2) is 0 Å². The molecule has 0 spiro atoms. The number of esters is 3. The lowest BCUT2D eigenvalue weighted by molar-refractivity contribution is -0.158. The third-order valence-electron chi connectivity index (χ3n) is 13.0. The Morgan fingerprint density at radius 3 is 2.03 bits per heavy atom. The summed E-state index contributed by atoms with van der Waals surface area (Å²) in [6, 6.07) is 0. The number of carbonyl (C=O) groups is 3. The summed E-state index contributed by atoms with van der Waals surface area (Å²) in [5, 5.41) is 0. The molecule has 0 amide bonds. The fraction of sp³-hybridized carbons (Fsp3) is 0.906. The molecule has 5 heterocycles. The topological polar surface area (TPSA) is 78.9 Å². The van der Waals surface area contributed by atoms with E-state index in [1.165, 1.54) is 12.8 Å². The molecule has 38 heavy (non-hydrogen) atoms. The Morgan fingerprint density at radius 1 is 0.711 bits per heavy atom. The number of rotatable bonds is 0. The van der Waals surface area contributed by atoms with Crippen LogP contribution in [0.25, 0.3) is 0 Å². The van der Waals surface area contributed by atoms with Crippen molar-refractivity contribution in [3.05, 3.63) is 0 Å². The molecular formula is C32H48O6. The van der Waals surface area contributed by atoms with E-state index in [-0.39, 0.29) is 58.4 Å². The van der Waals surface area contributed by atoms with Crippen LogP contribution in [0.4, 0.5) is 0 Å². The lowest BCUT2D eigenvalue weighted by atomic mass is 9.60. The first-order valence-electron chi connectivity index (χ1n) is 15.4. The molecule has 10 aliphatic rings. The molecule has 10 fully saturated rings. The van der Waals surface area contributed by atoms with Crippen LogP contribution in [-0.4, -0.2) is 35.7 Å². The van der Waals surface area contributed by atoms with E-state index in [4.69, 9.17) is 14.2 Å². The molecule has 0 radical (unpaired) electrons. The largest absolute Gasteiger partial charge is 0.462 e. The summed E-state index contributed by atoms with van der Waals surface area (Å²) in [6.07, 6.45) is 13.0. The lowest BCUT2D eigenvalue weighted by Gasteiger charge is -2.44. The summed E-state index contributed by atoms with van der Waals surface area (Å²) in [5.41, 5.74) is -0.0275. The van der Waals surface area contributed by atoms with E-state index >= 15 is 0 Å². The Labute approximate surface area is 228 Å². The summed E-state index contributed by atoms with van der Waals surface area (Å²) in [5.74, 6) is 3.62. The van der Waals surface area contributed by atoms with Gasteiger partial charge in [0, 0.05) is 5.41 Å². The lowest BCUT2D eigenvalue weighted by Crippen LogP contribution is -2.38. The molecule has 6 heteroatoms. The van der Waals surface area contributed by atoms with Crippen molar-refractivity contribution < 1.29 is 28.6 Å². The predicted octanol–water partition coefficient (Wildman–Crippen LogP) is 6.24. The van der Waals surface area contributed by atoms with Crippen molar-refractivity contribution in [1.29, 1.82) is 0 Å². The van der Waals surface area contributed by atoms with Crippen molar-refractivity contribution in [2.24, 2.45) is 51.8 Å². The van der Waals surface area contributed by atoms with Gasteiger partial charge in [-0.25, -0.2) is 0 Å². The van der Waals surface area contributed by atoms with Crippen molar-refractivity contribution in [2.45, 2.75) is 130 Å². The fourth-order valence-corrected chi connectivity index (χ4v) is 9.92. The van der Waals surface area contributed by atoms with Crippen molar-refractivity contribution in [3.8, 4) is 0 Å². The van der Waals surface area contributed by atoms with E-state index in [1.807, 2.05) is 6.92 Å². The van der Waals surface area contributed by atoms with Gasteiger partial charge in [0.25, 0.3) is 0 Å². The van der Waals surface area contributed by atoms with Gasteiger partial charge in [-0.2, -0.15) is 0 Å². The predicted molar refractivity (Wildman–Crippen MR) is 142 cm³/mol. The monoisotopic (exact) mass is 528 g/mol. The number of carbonyl (C=O) groups excluding carboxylic acids is 3. The van der Waals surface area contributed by atoms with Crippen LogP contribution < -0.4 is 0 Å². The Kier molecular flexibility index (Phi) is 6.10. The summed E-state index contributed by atoms with van der Waals surface area (Å²) in [6.45, 7) is 13.0. The van der Waals surface area contributed by atoms with Gasteiger partial charge in [0.2, 0.25) is 0 Å². The van der Waals surface area contributed by atoms with Crippen LogP contribution in [0, 0.1) is 51.8 Å². The van der Waals surface area contributed by atoms with Gasteiger partial charge in [0.1, 0.15) is 17.8 Å². The molecule has 0 aromatic rings. The van der Waals surface area contributed by atoms with Gasteiger partial charge in [-0.1, -0.05) is 27.7 Å². The molecule has 5 aliphatic carbocycles. The molecule has 0 aromatic heterocycles. The zero-order chi connectivity index (χ0) is 27.3. The van der Waals surface area contributed by atoms with Crippen LogP contribution >= 0.6 is 0 Å². The SMILES string of the molecule is CC12CC3CC(C1)OC(=O)C(C3)C2.CC12CCC(C)(C(=O)O1)C2(C)C.CC1C2CC3CC(C2)C(=O)OC1C3. The second-order valence-electron chi connectivity index (χ2n) is 15.7. The minimum absolute atomic E-state index is 0.00116. The number of hydrogen-bond donors (Lipinski definition) is 0. The maximum atomic E-state index is 11.6. The van der Waals surface area contributed by atoms with Gasteiger partial charge < -0.3 is 14.2 Å². The zero-order valence-electron chi connectivity index (χ0n) is 24.3. The fourth-order valence-electron chi connectivity index (χ4n) is 9.92. The van der Waals surface area contributed by atoms with Gasteiger partial charge in [0.05, 0.1) is 17.3 Å². The molecule has 212 valence electrons. The smallest absolute Gasteiger partial charge is 0.313 e. The second kappa shape index (κ2) is 8.70. The highest BCUT2D eigenvalue weighted by Crippen LogP contribution is 2.65. The molecule has 0 aromatic carbocycles. The molecule has 10 bridgehead atoms. The number of hydrogen-bond acceptors (Lipinski definition) is 6. The number of ether oxygens (including phenoxy) is 3. The molecule has 5 saturated heterocycles. The highest BCUT2D eigenvalue weighted by molar-refractivity contribution is 5.82. The Hall–Kier alpha value is -1.59. The molecular weight excluding hydrogens is 480 g/mol. The first kappa shape index (κ1) is 26.6. The maximum absolute atomic E-state index is 11.6. The van der Waals surface area contributed by atoms with Crippen LogP contribution in [-0.2, 0) is 28.6 Å². The summed E-state index contributed by atoms with van der Waals surface area (Å²) in [7, 11) is 0. The van der Waals surface area contributed by atoms with Crippen molar-refractivity contribution >= 4 is 17.9 Å². The van der Waals surface area contributed by atoms with Gasteiger partial charge in [-0.3, -0.25) is 14.4 Å². The van der Waals surface area contributed by atoms with Crippen molar-refractivity contribution in [2.75, 3.05) is 0 Å². The highest BCUT2D eigenvalue weighted by Gasteiger charge is 2.70. The summed E-state index contributed by atoms with van der Waals surface area (Å²) in [4.78, 5) is 34.7. The third-order valence-corrected chi connectivity index (χ3v) is 13.0. The quantitative estimate of drug-likeness (QED) is 0.274. The van der Waals surface area contributed by atoms with Gasteiger partial charge in [0.15, 0.2) is 0 Å². The molecule has 5 aliphatic heterocycles. The van der Waals surface area contributed by atoms with E-state index in [0.29, 0.717) is 11.3 Å². The average Bonchev–Trinajstić information content (AvgIpc) is 2.94. The summed E-state index contributed by atoms with van der Waals surface area (Å²) < 4.78 is 16.4.